The van der Waals surface area contributed by atoms with Crippen molar-refractivity contribution < 1.29 is 24.1 Å². The van der Waals surface area contributed by atoms with Gasteiger partial charge in [0, 0.05) is 13.0 Å². The maximum atomic E-state index is 13.0. The number of ether oxygens (including phenoxy) is 3. The second-order valence-corrected chi connectivity index (χ2v) is 6.72. The van der Waals surface area contributed by atoms with Crippen LogP contribution in [0.1, 0.15) is 23.6 Å². The van der Waals surface area contributed by atoms with Gasteiger partial charge in [-0.2, -0.15) is 0 Å². The lowest BCUT2D eigenvalue weighted by Crippen LogP contribution is -2.49. The molecule has 0 aromatic heterocycles. The highest BCUT2D eigenvalue weighted by Crippen LogP contribution is 2.31. The summed E-state index contributed by atoms with van der Waals surface area (Å²) < 4.78 is 16.3. The van der Waals surface area contributed by atoms with Crippen molar-refractivity contribution in [1.82, 2.24) is 4.90 Å². The molecule has 2 aromatic rings. The second-order valence-electron chi connectivity index (χ2n) is 6.72. The Morgan fingerprint density at radius 2 is 1.89 bits per heavy atom. The van der Waals surface area contributed by atoms with Crippen LogP contribution in [0.15, 0.2) is 48.5 Å². The van der Waals surface area contributed by atoms with E-state index < -0.39 is 6.10 Å². The number of amides is 1. The van der Waals surface area contributed by atoms with Gasteiger partial charge in [0.2, 0.25) is 5.91 Å². The molecule has 1 amide bonds. The van der Waals surface area contributed by atoms with Crippen LogP contribution >= 0.6 is 0 Å². The smallest absolute Gasteiger partial charge is 0.223 e. The molecule has 28 heavy (non-hydrogen) atoms. The largest absolute Gasteiger partial charge is 0.493 e. The molecule has 1 fully saturated rings. The summed E-state index contributed by atoms with van der Waals surface area (Å²) in [5.74, 6) is 1.37. The van der Waals surface area contributed by atoms with Crippen molar-refractivity contribution in [3.63, 3.8) is 0 Å². The molecule has 3 rings (SSSR count). The Hall–Kier alpha value is -2.57. The molecule has 6 heteroatoms. The lowest BCUT2D eigenvalue weighted by atomic mass is 9.97. The van der Waals surface area contributed by atoms with Crippen molar-refractivity contribution in [3.05, 3.63) is 59.7 Å². The van der Waals surface area contributed by atoms with E-state index in [-0.39, 0.29) is 18.6 Å². The van der Waals surface area contributed by atoms with E-state index in [0.29, 0.717) is 37.5 Å². The maximum Gasteiger partial charge on any atom is 0.223 e. The van der Waals surface area contributed by atoms with E-state index >= 15 is 0 Å². The minimum Gasteiger partial charge on any atom is -0.493 e. The van der Waals surface area contributed by atoms with E-state index in [9.17, 15) is 9.90 Å². The zero-order valence-corrected chi connectivity index (χ0v) is 16.3. The van der Waals surface area contributed by atoms with Gasteiger partial charge in [-0.1, -0.05) is 36.4 Å². The SMILES string of the molecule is COc1ccc(CCC(=O)N2CCO[C@H](CO)[C@H]2c2ccccc2)cc1OC. The first-order valence-electron chi connectivity index (χ1n) is 9.45. The van der Waals surface area contributed by atoms with Crippen molar-refractivity contribution in [1.29, 1.82) is 0 Å². The van der Waals surface area contributed by atoms with E-state index in [1.165, 1.54) is 0 Å². The highest BCUT2D eigenvalue weighted by molar-refractivity contribution is 5.77. The van der Waals surface area contributed by atoms with Crippen molar-refractivity contribution >= 4 is 5.91 Å². The summed E-state index contributed by atoms with van der Waals surface area (Å²) in [5.41, 5.74) is 1.98. The summed E-state index contributed by atoms with van der Waals surface area (Å²) in [4.78, 5) is 14.9. The molecule has 0 unspecified atom stereocenters. The quantitative estimate of drug-likeness (QED) is 0.794. The Balaban J connectivity index is 1.73. The van der Waals surface area contributed by atoms with Crippen LogP contribution in [0, 0.1) is 0 Å². The predicted molar refractivity (Wildman–Crippen MR) is 106 cm³/mol. The van der Waals surface area contributed by atoms with Crippen molar-refractivity contribution in [3.8, 4) is 11.5 Å². The summed E-state index contributed by atoms with van der Waals surface area (Å²) in [5, 5.41) is 9.75. The molecular weight excluding hydrogens is 358 g/mol. The van der Waals surface area contributed by atoms with Crippen LogP contribution in [0.3, 0.4) is 0 Å². The highest BCUT2D eigenvalue weighted by Gasteiger charge is 2.35. The molecule has 6 nitrogen and oxygen atoms in total. The molecule has 1 N–H and O–H groups in total. The molecule has 0 spiro atoms. The van der Waals surface area contributed by atoms with Crippen molar-refractivity contribution in [2.75, 3.05) is 34.0 Å². The molecule has 1 saturated heterocycles. The van der Waals surface area contributed by atoms with E-state index in [1.807, 2.05) is 53.4 Å². The monoisotopic (exact) mass is 385 g/mol. The number of aliphatic hydroxyl groups is 1. The number of aryl methyl sites for hydroxylation is 1. The summed E-state index contributed by atoms with van der Waals surface area (Å²) >= 11 is 0. The number of rotatable bonds is 7. The standard InChI is InChI=1S/C22H27NO5/c1-26-18-10-8-16(14-19(18)27-2)9-11-21(25)23-12-13-28-20(15-24)22(23)17-6-4-3-5-7-17/h3-8,10,14,20,22,24H,9,11-13,15H2,1-2H3/t20-,22-/m1/s1. The number of nitrogens with zero attached hydrogens (tertiary/aromatic N) is 1. The fourth-order valence-electron chi connectivity index (χ4n) is 3.64. The van der Waals surface area contributed by atoms with Gasteiger partial charge in [0.15, 0.2) is 11.5 Å². The number of methoxy groups -OCH3 is 2. The Labute approximate surface area is 165 Å². The highest BCUT2D eigenvalue weighted by atomic mass is 16.5. The van der Waals surface area contributed by atoms with Crippen LogP contribution in [0.25, 0.3) is 0 Å². The van der Waals surface area contributed by atoms with Crippen molar-refractivity contribution in [2.24, 2.45) is 0 Å². The molecule has 1 aliphatic heterocycles. The third-order valence-electron chi connectivity index (χ3n) is 5.07. The molecule has 2 aromatic carbocycles. The van der Waals surface area contributed by atoms with Crippen LogP contribution in [0.5, 0.6) is 11.5 Å². The Bertz CT molecular complexity index is 780. The van der Waals surface area contributed by atoms with E-state index in [4.69, 9.17) is 14.2 Å². The molecular formula is C22H27NO5. The lowest BCUT2D eigenvalue weighted by molar-refractivity contribution is -0.149. The number of hydrogen-bond donors (Lipinski definition) is 1. The first-order valence-corrected chi connectivity index (χ1v) is 9.45. The zero-order chi connectivity index (χ0) is 19.9. The molecule has 0 bridgehead atoms. The van der Waals surface area contributed by atoms with E-state index in [0.717, 1.165) is 11.1 Å². The third kappa shape index (κ3) is 4.46. The van der Waals surface area contributed by atoms with Gasteiger partial charge in [-0.3, -0.25) is 4.79 Å². The number of carbonyl (C=O) groups excluding carboxylic acids is 1. The fraction of sp³-hybridized carbons (Fsp3) is 0.409. The Morgan fingerprint density at radius 1 is 1.14 bits per heavy atom. The minimum absolute atomic E-state index is 0.0467. The first-order chi connectivity index (χ1) is 13.7. The Kier molecular flexibility index (Phi) is 6.90. The topological polar surface area (TPSA) is 68.2 Å². The van der Waals surface area contributed by atoms with E-state index in [1.54, 1.807) is 14.2 Å². The summed E-state index contributed by atoms with van der Waals surface area (Å²) in [6.07, 6.45) is 0.555. The van der Waals surface area contributed by atoms with Gasteiger partial charge in [0.25, 0.3) is 0 Å². The van der Waals surface area contributed by atoms with Crippen LogP contribution in [-0.4, -0.2) is 56.0 Å². The van der Waals surface area contributed by atoms with Gasteiger partial charge in [0.1, 0.15) is 6.10 Å². The normalized spacial score (nSPS) is 19.3. The number of hydrogen-bond acceptors (Lipinski definition) is 5. The molecule has 0 aliphatic carbocycles. The third-order valence-corrected chi connectivity index (χ3v) is 5.07. The van der Waals surface area contributed by atoms with Gasteiger partial charge in [-0.15, -0.1) is 0 Å². The molecule has 150 valence electrons. The average molecular weight is 385 g/mol. The predicted octanol–water partition coefficient (Wildman–Crippen LogP) is 2.60. The van der Waals surface area contributed by atoms with Gasteiger partial charge in [-0.05, 0) is 29.7 Å². The molecule has 0 radical (unpaired) electrons. The summed E-state index contributed by atoms with van der Waals surface area (Å²) in [6.45, 7) is 0.816. The molecule has 0 saturated carbocycles. The minimum atomic E-state index is -0.416. The van der Waals surface area contributed by atoms with Crippen LogP contribution in [-0.2, 0) is 16.0 Å². The lowest BCUT2D eigenvalue weighted by Gasteiger charge is -2.41. The van der Waals surface area contributed by atoms with Crippen LogP contribution in [0.4, 0.5) is 0 Å². The average Bonchev–Trinajstić information content (AvgIpc) is 2.77. The number of morpholine rings is 1. The van der Waals surface area contributed by atoms with Gasteiger partial charge >= 0.3 is 0 Å². The zero-order valence-electron chi connectivity index (χ0n) is 16.3. The molecule has 1 aliphatic rings. The molecule has 2 atom stereocenters. The maximum absolute atomic E-state index is 13.0. The van der Waals surface area contributed by atoms with E-state index in [2.05, 4.69) is 0 Å². The van der Waals surface area contributed by atoms with Gasteiger partial charge in [0.05, 0.1) is 33.5 Å². The van der Waals surface area contributed by atoms with Crippen LogP contribution < -0.4 is 9.47 Å². The number of benzene rings is 2. The van der Waals surface area contributed by atoms with Crippen LogP contribution in [0.2, 0.25) is 0 Å². The summed E-state index contributed by atoms with van der Waals surface area (Å²) in [6, 6.07) is 15.2. The Morgan fingerprint density at radius 3 is 2.57 bits per heavy atom. The molecule has 1 heterocycles. The fourth-order valence-corrected chi connectivity index (χ4v) is 3.64. The van der Waals surface area contributed by atoms with Crippen molar-refractivity contribution in [2.45, 2.75) is 25.0 Å². The first kappa shape index (κ1) is 20.2. The van der Waals surface area contributed by atoms with Gasteiger partial charge < -0.3 is 24.2 Å². The summed E-state index contributed by atoms with van der Waals surface area (Å²) in [7, 11) is 3.20. The van der Waals surface area contributed by atoms with Gasteiger partial charge in [-0.25, -0.2) is 0 Å². The number of carbonyl (C=O) groups is 1. The number of aliphatic hydroxyl groups excluding tert-OH is 1. The second kappa shape index (κ2) is 9.57.